The van der Waals surface area contributed by atoms with Crippen LogP contribution in [0.3, 0.4) is 0 Å². The maximum absolute atomic E-state index is 13.0. The van der Waals surface area contributed by atoms with Crippen LogP contribution in [0, 0.1) is 11.8 Å². The Labute approximate surface area is 160 Å². The summed E-state index contributed by atoms with van der Waals surface area (Å²) in [6, 6.07) is 7.40. The number of hydrogen-bond donors (Lipinski definition) is 2. The van der Waals surface area contributed by atoms with Gasteiger partial charge in [-0.25, -0.2) is 0 Å². The molecular weight excluding hydrogens is 354 g/mol. The van der Waals surface area contributed by atoms with Crippen LogP contribution in [0.5, 0.6) is 5.75 Å². The van der Waals surface area contributed by atoms with Crippen molar-refractivity contribution in [1.29, 1.82) is 0 Å². The fourth-order valence-electron chi connectivity index (χ4n) is 3.15. The average molecular weight is 382 g/mol. The topological polar surface area (TPSA) is 84.7 Å². The molecule has 1 aliphatic heterocycles. The Bertz CT molecular complexity index is 622. The number of ether oxygens (including phenoxy) is 1. The van der Waals surface area contributed by atoms with Crippen molar-refractivity contribution in [3.8, 4) is 5.75 Å². The van der Waals surface area contributed by atoms with Gasteiger partial charge in [0.25, 0.3) is 5.91 Å². The Balaban J connectivity index is 0.00000243. The van der Waals surface area contributed by atoms with Gasteiger partial charge in [0.1, 0.15) is 5.75 Å². The molecule has 0 aromatic heterocycles. The molecule has 1 aliphatic carbocycles. The molecular formula is C19H28ClN3O3. The predicted molar refractivity (Wildman–Crippen MR) is 103 cm³/mol. The number of para-hydroxylation sites is 1. The molecule has 6 nitrogen and oxygen atoms in total. The molecule has 3 rings (SSSR count). The summed E-state index contributed by atoms with van der Waals surface area (Å²) in [5, 5.41) is 2.83. The number of benzene rings is 1. The zero-order valence-electron chi connectivity index (χ0n) is 15.0. The second kappa shape index (κ2) is 9.78. The van der Waals surface area contributed by atoms with Crippen molar-refractivity contribution in [3.63, 3.8) is 0 Å². The summed E-state index contributed by atoms with van der Waals surface area (Å²) in [5.74, 6) is 1.05. The van der Waals surface area contributed by atoms with E-state index in [0.29, 0.717) is 50.0 Å². The second-order valence-corrected chi connectivity index (χ2v) is 6.92. The van der Waals surface area contributed by atoms with E-state index in [0.717, 1.165) is 12.8 Å². The molecule has 0 spiro atoms. The standard InChI is InChI=1S/C19H27N3O3.ClH/c20-9-10-21-18(23)15-4-3-11-22(12-15)19(24)16-5-1-2-6-17(16)25-13-14-7-8-14;/h1-2,5-6,14-15H,3-4,7-13,20H2,(H,21,23);1H. The van der Waals surface area contributed by atoms with Crippen molar-refractivity contribution in [2.45, 2.75) is 25.7 Å². The van der Waals surface area contributed by atoms with Gasteiger partial charge in [-0.3, -0.25) is 9.59 Å². The van der Waals surface area contributed by atoms with Crippen molar-refractivity contribution >= 4 is 24.2 Å². The normalized spacial score (nSPS) is 19.4. The van der Waals surface area contributed by atoms with Crippen molar-refractivity contribution in [2.24, 2.45) is 17.6 Å². The van der Waals surface area contributed by atoms with E-state index in [1.807, 2.05) is 24.3 Å². The first-order chi connectivity index (χ1) is 12.2. The van der Waals surface area contributed by atoms with E-state index in [1.54, 1.807) is 4.90 Å². The monoisotopic (exact) mass is 381 g/mol. The molecule has 0 radical (unpaired) electrons. The van der Waals surface area contributed by atoms with E-state index in [9.17, 15) is 9.59 Å². The second-order valence-electron chi connectivity index (χ2n) is 6.92. The first-order valence-corrected chi connectivity index (χ1v) is 9.18. The van der Waals surface area contributed by atoms with Crippen LogP contribution in [0.25, 0.3) is 0 Å². The van der Waals surface area contributed by atoms with E-state index in [-0.39, 0.29) is 30.1 Å². The van der Waals surface area contributed by atoms with Gasteiger partial charge < -0.3 is 20.7 Å². The molecule has 0 bridgehead atoms. The molecule has 7 heteroatoms. The lowest BCUT2D eigenvalue weighted by molar-refractivity contribution is -0.126. The number of nitrogens with zero attached hydrogens (tertiary/aromatic N) is 1. The highest BCUT2D eigenvalue weighted by atomic mass is 35.5. The molecule has 144 valence electrons. The minimum absolute atomic E-state index is 0. The number of carbonyl (C=O) groups excluding carboxylic acids is 2. The zero-order chi connectivity index (χ0) is 17.6. The molecule has 2 fully saturated rings. The fourth-order valence-corrected chi connectivity index (χ4v) is 3.15. The number of amides is 2. The van der Waals surface area contributed by atoms with Gasteiger partial charge in [-0.2, -0.15) is 0 Å². The van der Waals surface area contributed by atoms with Gasteiger partial charge in [0.05, 0.1) is 18.1 Å². The van der Waals surface area contributed by atoms with E-state index < -0.39 is 0 Å². The fraction of sp³-hybridized carbons (Fsp3) is 0.579. The SMILES string of the molecule is Cl.NCCNC(=O)C1CCCN(C(=O)c2ccccc2OCC2CC2)C1. The van der Waals surface area contributed by atoms with Gasteiger partial charge in [-0.15, -0.1) is 12.4 Å². The van der Waals surface area contributed by atoms with Gasteiger partial charge in [0.2, 0.25) is 5.91 Å². The van der Waals surface area contributed by atoms with Gasteiger partial charge in [-0.05, 0) is 43.7 Å². The third-order valence-electron chi connectivity index (χ3n) is 4.81. The minimum atomic E-state index is -0.163. The molecule has 1 saturated heterocycles. The van der Waals surface area contributed by atoms with E-state index in [4.69, 9.17) is 10.5 Å². The largest absolute Gasteiger partial charge is 0.492 e. The Hall–Kier alpha value is -1.79. The van der Waals surface area contributed by atoms with Crippen molar-refractivity contribution < 1.29 is 14.3 Å². The molecule has 1 aromatic rings. The summed E-state index contributed by atoms with van der Waals surface area (Å²) in [5.41, 5.74) is 6.02. The molecule has 1 heterocycles. The summed E-state index contributed by atoms with van der Waals surface area (Å²) in [6.45, 7) is 2.70. The van der Waals surface area contributed by atoms with Crippen LogP contribution in [-0.2, 0) is 4.79 Å². The lowest BCUT2D eigenvalue weighted by Crippen LogP contribution is -2.46. The van der Waals surface area contributed by atoms with Crippen molar-refractivity contribution in [3.05, 3.63) is 29.8 Å². The van der Waals surface area contributed by atoms with Crippen LogP contribution in [0.1, 0.15) is 36.0 Å². The lowest BCUT2D eigenvalue weighted by atomic mass is 9.96. The quantitative estimate of drug-likeness (QED) is 0.754. The third-order valence-corrected chi connectivity index (χ3v) is 4.81. The van der Waals surface area contributed by atoms with Crippen molar-refractivity contribution in [1.82, 2.24) is 10.2 Å². The molecule has 2 amide bonds. The summed E-state index contributed by atoms with van der Waals surface area (Å²) in [4.78, 5) is 26.9. The Kier molecular flexibility index (Phi) is 7.72. The number of nitrogens with two attached hydrogens (primary N) is 1. The van der Waals surface area contributed by atoms with Crippen LogP contribution in [-0.4, -0.2) is 49.5 Å². The molecule has 1 saturated carbocycles. The number of halogens is 1. The van der Waals surface area contributed by atoms with Crippen LogP contribution < -0.4 is 15.8 Å². The smallest absolute Gasteiger partial charge is 0.257 e. The highest BCUT2D eigenvalue weighted by Gasteiger charge is 2.30. The number of rotatable bonds is 7. The maximum atomic E-state index is 13.0. The Morgan fingerprint density at radius 1 is 1.23 bits per heavy atom. The lowest BCUT2D eigenvalue weighted by Gasteiger charge is -2.32. The number of carbonyl (C=O) groups is 2. The number of hydrogen-bond acceptors (Lipinski definition) is 4. The van der Waals surface area contributed by atoms with Crippen LogP contribution in [0.2, 0.25) is 0 Å². The molecule has 1 aromatic carbocycles. The van der Waals surface area contributed by atoms with Gasteiger partial charge >= 0.3 is 0 Å². The molecule has 1 unspecified atom stereocenters. The summed E-state index contributed by atoms with van der Waals surface area (Å²) in [6.07, 6.45) is 4.06. The highest BCUT2D eigenvalue weighted by molar-refractivity contribution is 5.97. The number of piperidine rings is 1. The maximum Gasteiger partial charge on any atom is 0.257 e. The van der Waals surface area contributed by atoms with E-state index in [1.165, 1.54) is 12.8 Å². The molecule has 1 atom stereocenters. The zero-order valence-corrected chi connectivity index (χ0v) is 15.8. The first kappa shape index (κ1) is 20.5. The number of nitrogens with one attached hydrogen (secondary N) is 1. The van der Waals surface area contributed by atoms with Gasteiger partial charge in [0.15, 0.2) is 0 Å². The Morgan fingerprint density at radius 3 is 2.73 bits per heavy atom. The summed E-state index contributed by atoms with van der Waals surface area (Å²) < 4.78 is 5.86. The van der Waals surface area contributed by atoms with Gasteiger partial charge in [-0.1, -0.05) is 12.1 Å². The molecule has 3 N–H and O–H groups in total. The summed E-state index contributed by atoms with van der Waals surface area (Å²) >= 11 is 0. The molecule has 26 heavy (non-hydrogen) atoms. The third kappa shape index (κ3) is 5.35. The Morgan fingerprint density at radius 2 is 2.00 bits per heavy atom. The van der Waals surface area contributed by atoms with E-state index in [2.05, 4.69) is 5.32 Å². The van der Waals surface area contributed by atoms with E-state index >= 15 is 0 Å². The predicted octanol–water partition coefficient (Wildman–Crippen LogP) is 1.82. The van der Waals surface area contributed by atoms with Gasteiger partial charge in [0, 0.05) is 26.2 Å². The van der Waals surface area contributed by atoms with Crippen molar-refractivity contribution in [2.75, 3.05) is 32.8 Å². The molecule has 2 aliphatic rings. The first-order valence-electron chi connectivity index (χ1n) is 9.18. The minimum Gasteiger partial charge on any atom is -0.492 e. The highest BCUT2D eigenvalue weighted by Crippen LogP contribution is 2.31. The van der Waals surface area contributed by atoms with Crippen LogP contribution in [0.15, 0.2) is 24.3 Å². The number of likely N-dealkylation sites (tertiary alicyclic amines) is 1. The summed E-state index contributed by atoms with van der Waals surface area (Å²) in [7, 11) is 0. The van der Waals surface area contributed by atoms with Crippen LogP contribution >= 0.6 is 12.4 Å². The van der Waals surface area contributed by atoms with Crippen LogP contribution in [0.4, 0.5) is 0 Å². The average Bonchev–Trinajstić information content (AvgIpc) is 3.48.